The summed E-state index contributed by atoms with van der Waals surface area (Å²) in [7, 11) is 1.55. The number of amides is 1. The monoisotopic (exact) mass is 255 g/mol. The topological polar surface area (TPSA) is 38.3 Å². The van der Waals surface area contributed by atoms with Gasteiger partial charge in [0.1, 0.15) is 5.60 Å². The molecule has 3 nitrogen and oxygen atoms in total. The van der Waals surface area contributed by atoms with Crippen molar-refractivity contribution in [3.05, 3.63) is 22.4 Å². The van der Waals surface area contributed by atoms with Crippen molar-refractivity contribution in [2.75, 3.05) is 7.11 Å². The molecule has 0 saturated heterocycles. The summed E-state index contributed by atoms with van der Waals surface area (Å²) in [6, 6.07) is 4.11. The highest BCUT2D eigenvalue weighted by atomic mass is 32.1. The minimum Gasteiger partial charge on any atom is -0.369 e. The second-order valence-electron chi connectivity index (χ2n) is 4.93. The standard InChI is InChI=1S/C13H21NO2S/c1-9(2)11(10-7-6-8-17-10)14-12(15)13(3,4)16-5/h6-9,11H,1-5H3,(H,14,15). The van der Waals surface area contributed by atoms with Gasteiger partial charge in [-0.1, -0.05) is 19.9 Å². The summed E-state index contributed by atoms with van der Waals surface area (Å²) in [6.07, 6.45) is 0. The van der Waals surface area contributed by atoms with E-state index in [-0.39, 0.29) is 11.9 Å². The third-order valence-corrected chi connectivity index (χ3v) is 3.82. The molecule has 0 aliphatic rings. The molecule has 0 spiro atoms. The number of nitrogens with one attached hydrogen (secondary N) is 1. The smallest absolute Gasteiger partial charge is 0.252 e. The molecule has 1 unspecified atom stereocenters. The van der Waals surface area contributed by atoms with Gasteiger partial charge in [0.2, 0.25) is 0 Å². The van der Waals surface area contributed by atoms with Crippen LogP contribution < -0.4 is 5.32 Å². The molecule has 0 bridgehead atoms. The normalized spacial score (nSPS) is 13.8. The summed E-state index contributed by atoms with van der Waals surface area (Å²) < 4.78 is 5.19. The lowest BCUT2D eigenvalue weighted by atomic mass is 10.0. The van der Waals surface area contributed by atoms with Crippen molar-refractivity contribution >= 4 is 17.2 Å². The van der Waals surface area contributed by atoms with Crippen LogP contribution in [0.2, 0.25) is 0 Å². The Morgan fingerprint density at radius 2 is 2.12 bits per heavy atom. The molecular formula is C13H21NO2S. The maximum absolute atomic E-state index is 12.1. The molecule has 0 aliphatic heterocycles. The van der Waals surface area contributed by atoms with Crippen molar-refractivity contribution < 1.29 is 9.53 Å². The number of ether oxygens (including phenoxy) is 1. The first-order chi connectivity index (χ1) is 7.88. The lowest BCUT2D eigenvalue weighted by Gasteiger charge is -2.27. The van der Waals surface area contributed by atoms with Crippen LogP contribution in [0.4, 0.5) is 0 Å². The van der Waals surface area contributed by atoms with Crippen molar-refractivity contribution in [1.82, 2.24) is 5.32 Å². The third kappa shape index (κ3) is 3.54. The number of carbonyl (C=O) groups is 1. The van der Waals surface area contributed by atoms with E-state index in [1.165, 1.54) is 4.88 Å². The first-order valence-electron chi connectivity index (χ1n) is 5.78. The van der Waals surface area contributed by atoms with Crippen LogP contribution in [-0.2, 0) is 9.53 Å². The van der Waals surface area contributed by atoms with E-state index in [0.29, 0.717) is 5.92 Å². The van der Waals surface area contributed by atoms with Crippen LogP contribution in [-0.4, -0.2) is 18.6 Å². The molecule has 0 fully saturated rings. The Hall–Kier alpha value is -0.870. The molecule has 4 heteroatoms. The molecule has 0 radical (unpaired) electrons. The average molecular weight is 255 g/mol. The van der Waals surface area contributed by atoms with E-state index in [2.05, 4.69) is 25.2 Å². The number of hydrogen-bond acceptors (Lipinski definition) is 3. The third-order valence-electron chi connectivity index (χ3n) is 2.86. The second kappa shape index (κ2) is 5.65. The van der Waals surface area contributed by atoms with Crippen LogP contribution >= 0.6 is 11.3 Å². The number of rotatable bonds is 5. The van der Waals surface area contributed by atoms with E-state index in [1.54, 1.807) is 32.3 Å². The summed E-state index contributed by atoms with van der Waals surface area (Å²) in [4.78, 5) is 13.3. The minimum absolute atomic E-state index is 0.0527. The van der Waals surface area contributed by atoms with Crippen LogP contribution in [0.1, 0.15) is 38.6 Å². The minimum atomic E-state index is -0.787. The number of hydrogen-bond donors (Lipinski definition) is 1. The lowest BCUT2D eigenvalue weighted by molar-refractivity contribution is -0.140. The molecule has 1 rings (SSSR count). The van der Waals surface area contributed by atoms with Gasteiger partial charge in [0.25, 0.3) is 5.91 Å². The van der Waals surface area contributed by atoms with Gasteiger partial charge < -0.3 is 10.1 Å². The van der Waals surface area contributed by atoms with Crippen LogP contribution in [0, 0.1) is 5.92 Å². The Bertz CT molecular complexity index is 358. The van der Waals surface area contributed by atoms with E-state index in [4.69, 9.17) is 4.74 Å². The summed E-state index contributed by atoms with van der Waals surface area (Å²) in [5.74, 6) is 0.275. The van der Waals surface area contributed by atoms with E-state index < -0.39 is 5.60 Å². The Balaban J connectivity index is 2.79. The number of thiophene rings is 1. The van der Waals surface area contributed by atoms with Crippen molar-refractivity contribution in [2.45, 2.75) is 39.3 Å². The van der Waals surface area contributed by atoms with Gasteiger partial charge in [-0.05, 0) is 31.2 Å². The van der Waals surface area contributed by atoms with Crippen LogP contribution in [0.5, 0.6) is 0 Å². The molecule has 1 aromatic rings. The summed E-state index contributed by atoms with van der Waals surface area (Å²) in [5, 5.41) is 5.08. The molecule has 1 N–H and O–H groups in total. The maximum atomic E-state index is 12.1. The van der Waals surface area contributed by atoms with Gasteiger partial charge in [0.15, 0.2) is 0 Å². The van der Waals surface area contributed by atoms with Gasteiger partial charge in [-0.15, -0.1) is 11.3 Å². The van der Waals surface area contributed by atoms with E-state index in [1.807, 2.05) is 11.4 Å². The average Bonchev–Trinajstić information content (AvgIpc) is 2.78. The fourth-order valence-corrected chi connectivity index (χ4v) is 2.39. The van der Waals surface area contributed by atoms with Gasteiger partial charge in [-0.3, -0.25) is 4.79 Å². The highest BCUT2D eigenvalue weighted by Gasteiger charge is 2.30. The molecule has 1 atom stereocenters. The van der Waals surface area contributed by atoms with Crippen LogP contribution in [0.25, 0.3) is 0 Å². The highest BCUT2D eigenvalue weighted by Crippen LogP contribution is 2.26. The maximum Gasteiger partial charge on any atom is 0.252 e. The summed E-state index contributed by atoms with van der Waals surface area (Å²) in [5.41, 5.74) is -0.787. The molecular weight excluding hydrogens is 234 g/mol. The zero-order valence-corrected chi connectivity index (χ0v) is 11.9. The molecule has 17 heavy (non-hydrogen) atoms. The first kappa shape index (κ1) is 14.2. The quantitative estimate of drug-likeness (QED) is 0.878. The van der Waals surface area contributed by atoms with E-state index >= 15 is 0 Å². The predicted molar refractivity (Wildman–Crippen MR) is 71.1 cm³/mol. The Morgan fingerprint density at radius 1 is 1.47 bits per heavy atom. The fraction of sp³-hybridized carbons (Fsp3) is 0.615. The zero-order valence-electron chi connectivity index (χ0n) is 11.1. The number of carbonyl (C=O) groups excluding carboxylic acids is 1. The van der Waals surface area contributed by atoms with E-state index in [9.17, 15) is 4.79 Å². The van der Waals surface area contributed by atoms with Crippen LogP contribution in [0.15, 0.2) is 17.5 Å². The van der Waals surface area contributed by atoms with Crippen molar-refractivity contribution in [1.29, 1.82) is 0 Å². The van der Waals surface area contributed by atoms with E-state index in [0.717, 1.165) is 0 Å². The first-order valence-corrected chi connectivity index (χ1v) is 6.66. The highest BCUT2D eigenvalue weighted by molar-refractivity contribution is 7.10. The van der Waals surface area contributed by atoms with Crippen molar-refractivity contribution in [3.63, 3.8) is 0 Å². The molecule has 0 aliphatic carbocycles. The molecule has 1 aromatic heterocycles. The van der Waals surface area contributed by atoms with Crippen LogP contribution in [0.3, 0.4) is 0 Å². The predicted octanol–water partition coefficient (Wildman–Crippen LogP) is 2.99. The Labute approximate surface area is 107 Å². The molecule has 96 valence electrons. The van der Waals surface area contributed by atoms with Gasteiger partial charge in [-0.2, -0.15) is 0 Å². The largest absolute Gasteiger partial charge is 0.369 e. The zero-order chi connectivity index (χ0) is 13.1. The molecule has 0 saturated carbocycles. The van der Waals surface area contributed by atoms with Crippen molar-refractivity contribution in [2.24, 2.45) is 5.92 Å². The van der Waals surface area contributed by atoms with Gasteiger partial charge >= 0.3 is 0 Å². The van der Waals surface area contributed by atoms with Gasteiger partial charge in [0, 0.05) is 12.0 Å². The van der Waals surface area contributed by atoms with Gasteiger partial charge in [0.05, 0.1) is 6.04 Å². The Kier molecular flexibility index (Phi) is 4.71. The summed E-state index contributed by atoms with van der Waals surface area (Å²) in [6.45, 7) is 7.75. The fourth-order valence-electron chi connectivity index (χ4n) is 1.44. The second-order valence-corrected chi connectivity index (χ2v) is 5.90. The van der Waals surface area contributed by atoms with Crippen molar-refractivity contribution in [3.8, 4) is 0 Å². The molecule has 1 heterocycles. The lowest BCUT2D eigenvalue weighted by Crippen LogP contribution is -2.45. The Morgan fingerprint density at radius 3 is 2.53 bits per heavy atom. The summed E-state index contributed by atoms with van der Waals surface area (Å²) >= 11 is 1.66. The SMILES string of the molecule is COC(C)(C)C(=O)NC(c1cccs1)C(C)C. The van der Waals surface area contributed by atoms with Gasteiger partial charge in [-0.25, -0.2) is 0 Å². The molecule has 1 amide bonds. The number of methoxy groups -OCH3 is 1. The molecule has 0 aromatic carbocycles.